The first-order valence-electron chi connectivity index (χ1n) is 7.33. The topological polar surface area (TPSA) is 189 Å². The molecule has 0 fully saturated rings. The summed E-state index contributed by atoms with van der Waals surface area (Å²) in [4.78, 5) is 48.1. The summed E-state index contributed by atoms with van der Waals surface area (Å²) in [5, 5.41) is 27.6. The van der Waals surface area contributed by atoms with Crippen LogP contribution in [0, 0.1) is 0 Å². The fraction of sp³-hybridized carbons (Fsp3) is 0.125. The first-order valence-corrected chi connectivity index (χ1v) is 8.12. The van der Waals surface area contributed by atoms with Crippen molar-refractivity contribution in [3.63, 3.8) is 0 Å². The van der Waals surface area contributed by atoms with E-state index in [4.69, 9.17) is 20.3 Å². The second-order valence-electron chi connectivity index (χ2n) is 5.27. The lowest BCUT2D eigenvalue weighted by molar-refractivity contribution is -0.139. The number of carboxylic acids is 3. The minimum absolute atomic E-state index is 0.0137. The molecule has 0 bridgehead atoms. The number of carboxylic acid groups (broad SMARTS) is 3. The van der Waals surface area contributed by atoms with Crippen LogP contribution in [0.3, 0.4) is 0 Å². The van der Waals surface area contributed by atoms with Gasteiger partial charge in [-0.15, -0.1) is 0 Å². The van der Waals surface area contributed by atoms with Crippen molar-refractivity contribution in [3.8, 4) is 22.6 Å². The molecule has 148 valence electrons. The molecule has 0 amide bonds. The Labute approximate surface area is 164 Å². The van der Waals surface area contributed by atoms with Crippen molar-refractivity contribution in [2.24, 2.45) is 0 Å². The summed E-state index contributed by atoms with van der Waals surface area (Å²) in [6, 6.07) is 2.46. The van der Waals surface area contributed by atoms with Gasteiger partial charge in [0.2, 0.25) is 0 Å². The number of hydrogen-bond donors (Lipinski definition) is 5. The third kappa shape index (κ3) is 3.91. The van der Waals surface area contributed by atoms with Gasteiger partial charge in [0.15, 0.2) is 18.1 Å². The zero-order chi connectivity index (χ0) is 21.2. The van der Waals surface area contributed by atoms with E-state index in [1.54, 1.807) is 0 Å². The number of pyridine rings is 1. The zero-order valence-electron chi connectivity index (χ0n) is 14.1. The van der Waals surface area contributed by atoms with Crippen LogP contribution in [-0.4, -0.2) is 51.9 Å². The average Bonchev–Trinajstić information content (AvgIpc) is 2.58. The molecule has 6 N–H and O–H groups in total. The van der Waals surface area contributed by atoms with Gasteiger partial charge in [0, 0.05) is 5.56 Å². The van der Waals surface area contributed by atoms with E-state index in [2.05, 4.69) is 15.9 Å². The second-order valence-corrected chi connectivity index (χ2v) is 6.13. The maximum absolute atomic E-state index is 12.1. The number of anilines is 1. The minimum Gasteiger partial charge on any atom is -0.493 e. The summed E-state index contributed by atoms with van der Waals surface area (Å²) >= 11 is 3.14. The molecule has 12 heteroatoms. The molecule has 0 aliphatic carbocycles. The Morgan fingerprint density at radius 1 is 1.14 bits per heavy atom. The monoisotopic (exact) mass is 456 g/mol. The molecule has 0 saturated carbocycles. The van der Waals surface area contributed by atoms with E-state index < -0.39 is 52.6 Å². The van der Waals surface area contributed by atoms with Gasteiger partial charge < -0.3 is 35.5 Å². The molecule has 0 atom stereocenters. The third-order valence-corrected chi connectivity index (χ3v) is 4.12. The Hall–Kier alpha value is -3.54. The number of hydrogen-bond acceptors (Lipinski definition) is 7. The molecule has 11 nitrogen and oxygen atoms in total. The van der Waals surface area contributed by atoms with Crippen LogP contribution in [0.4, 0.5) is 5.82 Å². The van der Waals surface area contributed by atoms with Crippen molar-refractivity contribution in [2.75, 3.05) is 19.5 Å². The van der Waals surface area contributed by atoms with E-state index in [0.717, 1.165) is 0 Å². The quantitative estimate of drug-likeness (QED) is 0.405. The van der Waals surface area contributed by atoms with E-state index in [1.807, 2.05) is 4.98 Å². The fourth-order valence-corrected chi connectivity index (χ4v) is 3.03. The molecular formula is C16H13BrN2O9. The third-order valence-electron chi connectivity index (χ3n) is 3.53. The largest absolute Gasteiger partial charge is 0.493 e. The van der Waals surface area contributed by atoms with Crippen LogP contribution in [0.1, 0.15) is 20.7 Å². The number of nitrogens with one attached hydrogen (secondary N) is 1. The molecule has 2 aromatic rings. The summed E-state index contributed by atoms with van der Waals surface area (Å²) in [5.74, 6) is -5.05. The molecule has 0 unspecified atom stereocenters. The predicted octanol–water partition coefficient (Wildman–Crippen LogP) is 1.25. The predicted molar refractivity (Wildman–Crippen MR) is 98.2 cm³/mol. The number of aromatic carboxylic acids is 2. The number of ether oxygens (including phenoxy) is 2. The SMILES string of the molecule is COc1cc(-c2c(C(=O)O)c(N)[nH]c(=O)c2C(=O)O)cc(Br)c1OCC(=O)O. The van der Waals surface area contributed by atoms with Crippen LogP contribution >= 0.6 is 15.9 Å². The number of carbonyl (C=O) groups is 3. The van der Waals surface area contributed by atoms with Gasteiger partial charge in [0.25, 0.3) is 5.56 Å². The smallest absolute Gasteiger partial charge is 0.342 e. The molecule has 0 aliphatic rings. The molecule has 0 saturated heterocycles. The van der Waals surface area contributed by atoms with E-state index in [0.29, 0.717) is 0 Å². The number of H-pyrrole nitrogens is 1. The highest BCUT2D eigenvalue weighted by Crippen LogP contribution is 2.41. The van der Waals surface area contributed by atoms with Crippen molar-refractivity contribution < 1.29 is 39.2 Å². The fourth-order valence-electron chi connectivity index (χ4n) is 2.47. The van der Waals surface area contributed by atoms with E-state index in [-0.39, 0.29) is 21.5 Å². The molecule has 1 aromatic heterocycles. The Bertz CT molecular complexity index is 1050. The molecule has 1 aromatic carbocycles. The highest BCUT2D eigenvalue weighted by molar-refractivity contribution is 9.10. The van der Waals surface area contributed by atoms with Crippen molar-refractivity contribution in [3.05, 3.63) is 38.1 Å². The van der Waals surface area contributed by atoms with E-state index in [9.17, 15) is 29.4 Å². The molecule has 2 rings (SSSR count). The summed E-state index contributed by atoms with van der Waals surface area (Å²) in [5.41, 5.74) is 2.57. The number of aromatic amines is 1. The Kier molecular flexibility index (Phi) is 5.93. The van der Waals surface area contributed by atoms with E-state index in [1.165, 1.54) is 19.2 Å². The lowest BCUT2D eigenvalue weighted by Crippen LogP contribution is -2.24. The summed E-state index contributed by atoms with van der Waals surface area (Å²) in [6.45, 7) is -0.687. The maximum atomic E-state index is 12.1. The average molecular weight is 457 g/mol. The highest BCUT2D eigenvalue weighted by Gasteiger charge is 2.28. The Balaban J connectivity index is 2.86. The number of benzene rings is 1. The molecule has 28 heavy (non-hydrogen) atoms. The molecule has 0 spiro atoms. The van der Waals surface area contributed by atoms with Crippen LogP contribution in [0.25, 0.3) is 11.1 Å². The first kappa shape index (κ1) is 20.8. The van der Waals surface area contributed by atoms with Crippen LogP contribution < -0.4 is 20.8 Å². The maximum Gasteiger partial charge on any atom is 0.342 e. The standard InChI is InChI=1S/C16H13BrN2O9/c1-27-7-3-5(2-6(17)12(7)28-4-8(20)21)9-10(15(23)24)13(18)19-14(22)11(9)16(25)26/h2-3H,4H2,1H3,(H,20,21)(H,23,24)(H,25,26)(H3,18,19,22). The summed E-state index contributed by atoms with van der Waals surface area (Å²) in [7, 11) is 1.24. The van der Waals surface area contributed by atoms with Gasteiger partial charge in [-0.05, 0) is 33.6 Å². The van der Waals surface area contributed by atoms with Crippen molar-refractivity contribution in [2.45, 2.75) is 0 Å². The van der Waals surface area contributed by atoms with Crippen molar-refractivity contribution >= 4 is 39.7 Å². The van der Waals surface area contributed by atoms with Gasteiger partial charge in [-0.3, -0.25) is 4.79 Å². The first-order chi connectivity index (χ1) is 13.1. The van der Waals surface area contributed by atoms with E-state index >= 15 is 0 Å². The van der Waals surface area contributed by atoms with Gasteiger partial charge in [0.1, 0.15) is 16.9 Å². The number of nitrogen functional groups attached to an aromatic ring is 1. The minimum atomic E-state index is -1.67. The lowest BCUT2D eigenvalue weighted by atomic mass is 9.95. The second kappa shape index (κ2) is 8.00. The number of aliphatic carboxylic acids is 1. The Morgan fingerprint density at radius 3 is 2.25 bits per heavy atom. The Morgan fingerprint density at radius 2 is 1.75 bits per heavy atom. The number of methoxy groups -OCH3 is 1. The molecule has 0 aliphatic heterocycles. The summed E-state index contributed by atoms with van der Waals surface area (Å²) < 4.78 is 10.4. The lowest BCUT2D eigenvalue weighted by Gasteiger charge is -2.16. The zero-order valence-corrected chi connectivity index (χ0v) is 15.7. The van der Waals surface area contributed by atoms with Crippen LogP contribution in [0.5, 0.6) is 11.5 Å². The van der Waals surface area contributed by atoms with Crippen molar-refractivity contribution in [1.82, 2.24) is 4.98 Å². The number of nitrogens with two attached hydrogens (primary N) is 1. The van der Waals surface area contributed by atoms with Gasteiger partial charge in [-0.1, -0.05) is 0 Å². The van der Waals surface area contributed by atoms with Crippen molar-refractivity contribution in [1.29, 1.82) is 0 Å². The van der Waals surface area contributed by atoms with Crippen LogP contribution in [-0.2, 0) is 4.79 Å². The van der Waals surface area contributed by atoms with Gasteiger partial charge in [-0.25, -0.2) is 14.4 Å². The molecular weight excluding hydrogens is 444 g/mol. The molecule has 1 heterocycles. The summed E-state index contributed by atoms with van der Waals surface area (Å²) in [6.07, 6.45) is 0. The number of aromatic nitrogens is 1. The number of halogens is 1. The normalized spacial score (nSPS) is 10.4. The van der Waals surface area contributed by atoms with Gasteiger partial charge >= 0.3 is 17.9 Å². The highest BCUT2D eigenvalue weighted by atomic mass is 79.9. The van der Waals surface area contributed by atoms with Gasteiger partial charge in [-0.2, -0.15) is 0 Å². The van der Waals surface area contributed by atoms with Gasteiger partial charge in [0.05, 0.1) is 11.6 Å². The van der Waals surface area contributed by atoms with Crippen LogP contribution in [0.15, 0.2) is 21.4 Å². The molecule has 0 radical (unpaired) electrons. The van der Waals surface area contributed by atoms with Crippen LogP contribution in [0.2, 0.25) is 0 Å². The number of rotatable bonds is 7.